The number of nitrogens with one attached hydrogen (secondary N) is 1. The van der Waals surface area contributed by atoms with E-state index in [4.69, 9.17) is 9.47 Å². The molecule has 2 bridgehead atoms. The van der Waals surface area contributed by atoms with Crippen LogP contribution >= 0.6 is 0 Å². The van der Waals surface area contributed by atoms with Crippen molar-refractivity contribution in [3.8, 4) is 0 Å². The van der Waals surface area contributed by atoms with E-state index in [0.717, 1.165) is 32.1 Å². The number of likely N-dealkylation sites (tertiary alicyclic amines) is 1. The number of nitrogens with zero attached hydrogens (tertiary/aromatic N) is 2. The second-order valence-corrected chi connectivity index (χ2v) is 12.9. The van der Waals surface area contributed by atoms with Gasteiger partial charge in [0.1, 0.15) is 17.7 Å². The van der Waals surface area contributed by atoms with Crippen LogP contribution in [0.3, 0.4) is 0 Å². The normalized spacial score (nSPS) is 28.7. The molecule has 2 N–H and O–H groups in total. The summed E-state index contributed by atoms with van der Waals surface area (Å²) in [7, 11) is 0. The Kier molecular flexibility index (Phi) is 10.4. The van der Waals surface area contributed by atoms with E-state index in [2.05, 4.69) is 18.5 Å². The maximum atomic E-state index is 14.8. The van der Waals surface area contributed by atoms with Gasteiger partial charge in [-0.25, -0.2) is 0 Å². The van der Waals surface area contributed by atoms with Gasteiger partial charge in [-0.3, -0.25) is 19.2 Å². The number of amides is 3. The molecule has 3 heterocycles. The molecule has 10 nitrogen and oxygen atoms in total. The highest BCUT2D eigenvalue weighted by atomic mass is 16.6. The predicted octanol–water partition coefficient (Wildman–Crippen LogP) is 3.46. The van der Waals surface area contributed by atoms with E-state index in [0.29, 0.717) is 37.8 Å². The Hall–Kier alpha value is -3.50. The van der Waals surface area contributed by atoms with Crippen LogP contribution < -0.4 is 5.32 Å². The maximum Gasteiger partial charge on any atom is 0.312 e. The molecule has 3 saturated heterocycles. The van der Waals surface area contributed by atoms with Gasteiger partial charge in [-0.05, 0) is 44.6 Å². The van der Waals surface area contributed by atoms with Crippen LogP contribution in [-0.4, -0.2) is 88.2 Å². The van der Waals surface area contributed by atoms with Crippen molar-refractivity contribution in [1.82, 2.24) is 15.1 Å². The smallest absolute Gasteiger partial charge is 0.312 e. The van der Waals surface area contributed by atoms with Gasteiger partial charge in [-0.15, -0.1) is 13.2 Å². The first kappa shape index (κ1) is 32.9. The lowest BCUT2D eigenvalue weighted by atomic mass is 9.70. The Morgan fingerprint density at radius 1 is 1.16 bits per heavy atom. The number of esters is 1. The molecular formula is C35H47N3O7. The van der Waals surface area contributed by atoms with E-state index in [9.17, 15) is 24.3 Å². The van der Waals surface area contributed by atoms with Crippen molar-refractivity contribution < 1.29 is 33.8 Å². The first-order chi connectivity index (χ1) is 21.8. The highest BCUT2D eigenvalue weighted by Gasteiger charge is 2.76. The van der Waals surface area contributed by atoms with Gasteiger partial charge in [0.25, 0.3) is 0 Å². The molecule has 10 heteroatoms. The number of allylic oxidation sites excluding steroid dienone is 1. The zero-order chi connectivity index (χ0) is 32.1. The van der Waals surface area contributed by atoms with Crippen molar-refractivity contribution in [1.29, 1.82) is 0 Å². The van der Waals surface area contributed by atoms with Crippen LogP contribution in [0.15, 0.2) is 55.6 Å². The molecule has 244 valence electrons. The second-order valence-electron chi connectivity index (χ2n) is 12.9. The third kappa shape index (κ3) is 6.31. The molecule has 1 saturated carbocycles. The summed E-state index contributed by atoms with van der Waals surface area (Å²) in [6.45, 7) is 9.31. The molecule has 4 aliphatic rings. The number of ether oxygens (including phenoxy) is 2. The van der Waals surface area contributed by atoms with Gasteiger partial charge in [0, 0.05) is 19.0 Å². The average Bonchev–Trinajstić information content (AvgIpc) is 3.70. The number of aliphatic hydroxyl groups excluding tert-OH is 1. The molecule has 3 aliphatic heterocycles. The minimum Gasteiger partial charge on any atom is -0.460 e. The number of carbonyl (C=O) groups is 4. The summed E-state index contributed by atoms with van der Waals surface area (Å²) in [6, 6.07) is 7.39. The molecule has 0 unspecified atom stereocenters. The van der Waals surface area contributed by atoms with E-state index < -0.39 is 54.3 Å². The summed E-state index contributed by atoms with van der Waals surface area (Å²) in [6.07, 6.45) is 8.90. The summed E-state index contributed by atoms with van der Waals surface area (Å²) < 4.78 is 12.4. The zero-order valence-corrected chi connectivity index (χ0v) is 26.3. The first-order valence-corrected chi connectivity index (χ1v) is 16.4. The van der Waals surface area contributed by atoms with Gasteiger partial charge < -0.3 is 29.7 Å². The van der Waals surface area contributed by atoms with Gasteiger partial charge in [0.05, 0.1) is 37.1 Å². The van der Waals surface area contributed by atoms with Crippen LogP contribution in [0.25, 0.3) is 0 Å². The summed E-state index contributed by atoms with van der Waals surface area (Å²) >= 11 is 0. The monoisotopic (exact) mass is 621 g/mol. The minimum absolute atomic E-state index is 0.0165. The number of hydrogen-bond acceptors (Lipinski definition) is 7. The van der Waals surface area contributed by atoms with Gasteiger partial charge in [0.15, 0.2) is 0 Å². The number of aliphatic hydroxyl groups is 1. The van der Waals surface area contributed by atoms with Crippen molar-refractivity contribution in [2.24, 2.45) is 11.8 Å². The summed E-state index contributed by atoms with van der Waals surface area (Å²) in [5.41, 5.74) is -0.522. The minimum atomic E-state index is -1.22. The Labute approximate surface area is 265 Å². The number of carbonyl (C=O) groups excluding carboxylic acids is 4. The lowest BCUT2D eigenvalue weighted by Crippen LogP contribution is -2.59. The van der Waals surface area contributed by atoms with Crippen LogP contribution in [0.1, 0.15) is 76.3 Å². The quantitative estimate of drug-likeness (QED) is 0.241. The molecule has 1 aliphatic carbocycles. The SMILES string of the molecule is C=CCCC(=O)NC[C@@H](C)OC(=O)[C@@H]1[C@H]2C(=O)N([C@H](CO)c3ccccc3)[C@H](C(=O)N(CC=C)C3CCCCC3)[C@]23CC[C@H]1O3. The highest BCUT2D eigenvalue weighted by Crippen LogP contribution is 2.60. The topological polar surface area (TPSA) is 125 Å². The lowest BCUT2D eigenvalue weighted by molar-refractivity contribution is -0.160. The fraction of sp³-hybridized carbons (Fsp3) is 0.600. The number of rotatable bonds is 14. The fourth-order valence-corrected chi connectivity index (χ4v) is 8.01. The largest absolute Gasteiger partial charge is 0.460 e. The van der Waals surface area contributed by atoms with E-state index in [1.807, 2.05) is 35.2 Å². The molecule has 1 aromatic carbocycles. The van der Waals surface area contributed by atoms with Crippen molar-refractivity contribution in [2.45, 2.75) is 101 Å². The molecule has 0 aromatic heterocycles. The van der Waals surface area contributed by atoms with Crippen molar-refractivity contribution in [3.05, 3.63) is 61.2 Å². The van der Waals surface area contributed by atoms with Gasteiger partial charge in [-0.1, -0.05) is 61.7 Å². The van der Waals surface area contributed by atoms with Crippen molar-refractivity contribution in [3.63, 3.8) is 0 Å². The predicted molar refractivity (Wildman–Crippen MR) is 167 cm³/mol. The Bertz CT molecular complexity index is 1260. The third-order valence-corrected chi connectivity index (χ3v) is 10.0. The average molecular weight is 622 g/mol. The van der Waals surface area contributed by atoms with Crippen LogP contribution in [0.4, 0.5) is 0 Å². The molecule has 45 heavy (non-hydrogen) atoms. The van der Waals surface area contributed by atoms with Crippen molar-refractivity contribution in [2.75, 3.05) is 19.7 Å². The standard InChI is InChI=1S/C35H47N3O7/c1-4-6-17-28(40)36-21-23(3)44-34(43)29-27-18-19-35(45-27)30(29)32(41)38(26(22-39)24-13-9-7-10-14-24)31(35)33(42)37(20-5-2)25-15-11-8-12-16-25/h4-5,7,9-10,13-14,23,25-27,29-31,39H,1-2,6,8,11-12,15-22H2,3H3,(H,36,40)/t23-,26-,27-,29+,30+,31-,35+/m1/s1. The molecule has 1 spiro atoms. The number of fused-ring (bicyclic) bond motifs is 1. The van der Waals surface area contributed by atoms with Crippen LogP contribution in [-0.2, 0) is 28.7 Å². The van der Waals surface area contributed by atoms with E-state index >= 15 is 0 Å². The van der Waals surface area contributed by atoms with Crippen LogP contribution in [0, 0.1) is 11.8 Å². The van der Waals surface area contributed by atoms with Gasteiger partial charge in [-0.2, -0.15) is 0 Å². The Morgan fingerprint density at radius 3 is 2.56 bits per heavy atom. The van der Waals surface area contributed by atoms with E-state index in [-0.39, 0.29) is 30.3 Å². The van der Waals surface area contributed by atoms with Gasteiger partial charge in [0.2, 0.25) is 17.7 Å². The second kappa shape index (κ2) is 14.3. The molecular weight excluding hydrogens is 574 g/mol. The van der Waals surface area contributed by atoms with E-state index in [1.165, 1.54) is 4.90 Å². The molecule has 5 rings (SSSR count). The van der Waals surface area contributed by atoms with E-state index in [1.54, 1.807) is 19.1 Å². The molecule has 4 fully saturated rings. The maximum absolute atomic E-state index is 14.8. The molecule has 0 radical (unpaired) electrons. The van der Waals surface area contributed by atoms with Crippen LogP contribution in [0.5, 0.6) is 0 Å². The fourth-order valence-electron chi connectivity index (χ4n) is 8.01. The molecule has 1 aromatic rings. The van der Waals surface area contributed by atoms with Crippen molar-refractivity contribution >= 4 is 23.7 Å². The zero-order valence-electron chi connectivity index (χ0n) is 26.3. The summed E-state index contributed by atoms with van der Waals surface area (Å²) in [4.78, 5) is 58.6. The Balaban J connectivity index is 1.46. The molecule has 7 atom stereocenters. The lowest BCUT2D eigenvalue weighted by Gasteiger charge is -2.42. The summed E-state index contributed by atoms with van der Waals surface area (Å²) in [5, 5.41) is 13.5. The first-order valence-electron chi connectivity index (χ1n) is 16.4. The molecule has 3 amide bonds. The number of hydrogen-bond donors (Lipinski definition) is 2. The Morgan fingerprint density at radius 2 is 1.89 bits per heavy atom. The van der Waals surface area contributed by atoms with Crippen LogP contribution in [0.2, 0.25) is 0 Å². The highest BCUT2D eigenvalue weighted by molar-refractivity contribution is 5.98. The number of benzene rings is 1. The van der Waals surface area contributed by atoms with Gasteiger partial charge >= 0.3 is 5.97 Å². The third-order valence-electron chi connectivity index (χ3n) is 10.0. The summed E-state index contributed by atoms with van der Waals surface area (Å²) in [5.74, 6) is -3.17.